The third-order valence-corrected chi connectivity index (χ3v) is 4.17. The molecule has 102 valence electrons. The fourth-order valence-electron chi connectivity index (χ4n) is 2.29. The van der Waals surface area contributed by atoms with Gasteiger partial charge in [0.25, 0.3) is 5.91 Å². The fourth-order valence-corrected chi connectivity index (χ4v) is 2.51. The Morgan fingerprint density at radius 1 is 1.21 bits per heavy atom. The van der Waals surface area contributed by atoms with E-state index < -0.39 is 0 Å². The molecule has 4 heteroatoms. The quantitative estimate of drug-likeness (QED) is 0.819. The standard InChI is InChI=1S/C15H18FNOS/c16-13-6-5-12(7-14(13)19)15(18)17(8-10-1-2-10)9-11-3-4-11/h5-7,10-11,19H,1-4,8-9H2. The Morgan fingerprint density at radius 3 is 2.26 bits per heavy atom. The molecule has 2 nitrogen and oxygen atoms in total. The molecule has 0 radical (unpaired) electrons. The SMILES string of the molecule is O=C(c1ccc(F)c(S)c1)N(CC1CC1)CC1CC1. The summed E-state index contributed by atoms with van der Waals surface area (Å²) in [5.41, 5.74) is 0.549. The minimum Gasteiger partial charge on any atom is -0.338 e. The van der Waals surface area contributed by atoms with Crippen LogP contribution in [-0.2, 0) is 0 Å². The zero-order valence-electron chi connectivity index (χ0n) is 10.8. The predicted molar refractivity (Wildman–Crippen MR) is 75.0 cm³/mol. The van der Waals surface area contributed by atoms with E-state index >= 15 is 0 Å². The van der Waals surface area contributed by atoms with Crippen molar-refractivity contribution in [3.05, 3.63) is 29.6 Å². The Bertz CT molecular complexity index is 483. The molecule has 0 bridgehead atoms. The first-order valence-corrected chi connectivity index (χ1v) is 7.36. The van der Waals surface area contributed by atoms with Crippen molar-refractivity contribution in [2.75, 3.05) is 13.1 Å². The van der Waals surface area contributed by atoms with Gasteiger partial charge in [-0.25, -0.2) is 4.39 Å². The minimum absolute atomic E-state index is 0.0223. The number of halogens is 1. The molecule has 1 aromatic rings. The van der Waals surface area contributed by atoms with E-state index in [0.717, 1.165) is 13.1 Å². The highest BCUT2D eigenvalue weighted by Gasteiger charge is 2.31. The van der Waals surface area contributed by atoms with E-state index in [2.05, 4.69) is 12.6 Å². The molecular weight excluding hydrogens is 261 g/mol. The van der Waals surface area contributed by atoms with Crippen molar-refractivity contribution in [3.8, 4) is 0 Å². The van der Waals surface area contributed by atoms with E-state index in [9.17, 15) is 9.18 Å². The first kappa shape index (κ1) is 13.0. The van der Waals surface area contributed by atoms with Crippen LogP contribution in [0.2, 0.25) is 0 Å². The van der Waals surface area contributed by atoms with Crippen molar-refractivity contribution < 1.29 is 9.18 Å². The van der Waals surface area contributed by atoms with Crippen LogP contribution in [0.5, 0.6) is 0 Å². The normalized spacial score (nSPS) is 18.4. The summed E-state index contributed by atoms with van der Waals surface area (Å²) in [4.78, 5) is 14.7. The molecule has 19 heavy (non-hydrogen) atoms. The molecule has 2 aliphatic carbocycles. The maximum atomic E-state index is 13.2. The van der Waals surface area contributed by atoms with Crippen LogP contribution in [0, 0.1) is 17.7 Å². The summed E-state index contributed by atoms with van der Waals surface area (Å²) >= 11 is 4.05. The highest BCUT2D eigenvalue weighted by molar-refractivity contribution is 7.80. The average Bonchev–Trinajstić information content (AvgIpc) is 3.26. The first-order valence-electron chi connectivity index (χ1n) is 6.91. The molecule has 0 saturated heterocycles. The maximum Gasteiger partial charge on any atom is 0.253 e. The molecule has 0 aliphatic heterocycles. The Balaban J connectivity index is 1.74. The van der Waals surface area contributed by atoms with Crippen LogP contribution in [0.15, 0.2) is 23.1 Å². The number of benzene rings is 1. The lowest BCUT2D eigenvalue weighted by Crippen LogP contribution is -2.34. The van der Waals surface area contributed by atoms with Crippen molar-refractivity contribution in [3.63, 3.8) is 0 Å². The lowest BCUT2D eigenvalue weighted by Gasteiger charge is -2.23. The van der Waals surface area contributed by atoms with Gasteiger partial charge in [-0.2, -0.15) is 0 Å². The van der Waals surface area contributed by atoms with Crippen LogP contribution in [0.1, 0.15) is 36.0 Å². The van der Waals surface area contributed by atoms with Gasteiger partial charge in [-0.05, 0) is 55.7 Å². The number of amides is 1. The molecule has 3 rings (SSSR count). The highest BCUT2D eigenvalue weighted by Crippen LogP contribution is 2.34. The van der Waals surface area contributed by atoms with Crippen LogP contribution in [0.4, 0.5) is 4.39 Å². The Kier molecular flexibility index (Phi) is 3.52. The molecule has 2 aliphatic rings. The zero-order valence-corrected chi connectivity index (χ0v) is 11.7. The topological polar surface area (TPSA) is 20.3 Å². The van der Waals surface area contributed by atoms with Crippen molar-refractivity contribution in [2.45, 2.75) is 30.6 Å². The van der Waals surface area contributed by atoms with E-state index in [4.69, 9.17) is 0 Å². The van der Waals surface area contributed by atoms with Gasteiger partial charge in [0.2, 0.25) is 0 Å². The van der Waals surface area contributed by atoms with Gasteiger partial charge in [0.15, 0.2) is 0 Å². The summed E-state index contributed by atoms with van der Waals surface area (Å²) in [6, 6.07) is 4.42. The molecule has 0 aromatic heterocycles. The fraction of sp³-hybridized carbons (Fsp3) is 0.533. The van der Waals surface area contributed by atoms with Gasteiger partial charge >= 0.3 is 0 Å². The van der Waals surface area contributed by atoms with Gasteiger partial charge in [0.1, 0.15) is 5.82 Å². The van der Waals surface area contributed by atoms with Crippen molar-refractivity contribution >= 4 is 18.5 Å². The number of rotatable bonds is 5. The maximum absolute atomic E-state index is 13.2. The lowest BCUT2D eigenvalue weighted by atomic mass is 10.1. The molecule has 2 saturated carbocycles. The number of carbonyl (C=O) groups is 1. The Hall–Kier alpha value is -1.03. The van der Waals surface area contributed by atoms with Crippen LogP contribution in [0.3, 0.4) is 0 Å². The third-order valence-electron chi connectivity index (χ3n) is 3.83. The van der Waals surface area contributed by atoms with Crippen LogP contribution >= 0.6 is 12.6 Å². The first-order chi connectivity index (χ1) is 9.13. The summed E-state index contributed by atoms with van der Waals surface area (Å²) in [7, 11) is 0. The molecule has 1 amide bonds. The molecule has 0 heterocycles. The van der Waals surface area contributed by atoms with Crippen molar-refractivity contribution in [2.24, 2.45) is 11.8 Å². The highest BCUT2D eigenvalue weighted by atomic mass is 32.1. The molecule has 2 fully saturated rings. The van der Waals surface area contributed by atoms with Gasteiger partial charge in [0, 0.05) is 23.5 Å². The third kappa shape index (κ3) is 3.30. The van der Waals surface area contributed by atoms with E-state index in [1.54, 1.807) is 6.07 Å². The molecule has 0 unspecified atom stereocenters. The lowest BCUT2D eigenvalue weighted by molar-refractivity contribution is 0.0739. The van der Waals surface area contributed by atoms with Gasteiger partial charge in [-0.1, -0.05) is 0 Å². The summed E-state index contributed by atoms with van der Waals surface area (Å²) in [5.74, 6) is 1.00. The molecule has 0 atom stereocenters. The minimum atomic E-state index is -0.379. The van der Waals surface area contributed by atoms with E-state index in [-0.39, 0.29) is 16.6 Å². The molecule has 0 N–H and O–H groups in total. The van der Waals surface area contributed by atoms with Gasteiger partial charge < -0.3 is 4.90 Å². The molecule has 1 aromatic carbocycles. The largest absolute Gasteiger partial charge is 0.338 e. The predicted octanol–water partition coefficient (Wildman–Crippen LogP) is 3.38. The van der Waals surface area contributed by atoms with Crippen LogP contribution in [-0.4, -0.2) is 23.9 Å². The summed E-state index contributed by atoms with van der Waals surface area (Å²) in [6.07, 6.45) is 4.93. The van der Waals surface area contributed by atoms with Crippen LogP contribution < -0.4 is 0 Å². The van der Waals surface area contributed by atoms with E-state index in [1.165, 1.54) is 37.8 Å². The van der Waals surface area contributed by atoms with Gasteiger partial charge in [0.05, 0.1) is 0 Å². The molecular formula is C15H18FNOS. The average molecular weight is 279 g/mol. The second-order valence-electron chi connectivity index (χ2n) is 5.76. The second kappa shape index (κ2) is 5.16. The van der Waals surface area contributed by atoms with Crippen molar-refractivity contribution in [1.29, 1.82) is 0 Å². The number of hydrogen-bond donors (Lipinski definition) is 1. The number of hydrogen-bond acceptors (Lipinski definition) is 2. The summed E-state index contributed by atoms with van der Waals surface area (Å²) in [6.45, 7) is 1.71. The van der Waals surface area contributed by atoms with Crippen molar-refractivity contribution in [1.82, 2.24) is 4.90 Å². The number of nitrogens with zero attached hydrogens (tertiary/aromatic N) is 1. The van der Waals surface area contributed by atoms with Gasteiger partial charge in [-0.15, -0.1) is 12.6 Å². The summed E-state index contributed by atoms with van der Waals surface area (Å²) < 4.78 is 13.2. The second-order valence-corrected chi connectivity index (χ2v) is 6.24. The van der Waals surface area contributed by atoms with E-state index in [0.29, 0.717) is 17.4 Å². The Morgan fingerprint density at radius 2 is 1.79 bits per heavy atom. The van der Waals surface area contributed by atoms with Gasteiger partial charge in [-0.3, -0.25) is 4.79 Å². The monoisotopic (exact) mass is 279 g/mol. The van der Waals surface area contributed by atoms with E-state index in [1.807, 2.05) is 4.90 Å². The smallest absolute Gasteiger partial charge is 0.253 e. The summed E-state index contributed by atoms with van der Waals surface area (Å²) in [5, 5.41) is 0. The zero-order chi connectivity index (χ0) is 13.4. The number of thiol groups is 1. The van der Waals surface area contributed by atoms with Crippen LogP contribution in [0.25, 0.3) is 0 Å². The molecule has 0 spiro atoms. The Labute approximate surface area is 118 Å². The number of carbonyl (C=O) groups excluding carboxylic acids is 1.